The fourth-order valence-electron chi connectivity index (χ4n) is 3.24. The average Bonchev–Trinajstić information content (AvgIpc) is 3.16. The van der Waals surface area contributed by atoms with Crippen molar-refractivity contribution in [3.05, 3.63) is 18.3 Å². The average molecular weight is 430 g/mol. The van der Waals surface area contributed by atoms with Gasteiger partial charge in [0.1, 0.15) is 30.2 Å². The molecule has 3 heterocycles. The van der Waals surface area contributed by atoms with E-state index in [1.807, 2.05) is 0 Å². The normalized spacial score (nSPS) is 25.6. The summed E-state index contributed by atoms with van der Waals surface area (Å²) in [5.41, 5.74) is 1.04. The molecular formula is C17H27N4O7P. The summed E-state index contributed by atoms with van der Waals surface area (Å²) >= 11 is 0. The lowest BCUT2D eigenvalue weighted by molar-refractivity contribution is -0.0511. The number of aromatic nitrogens is 4. The van der Waals surface area contributed by atoms with Gasteiger partial charge in [-0.2, -0.15) is 0 Å². The van der Waals surface area contributed by atoms with Crippen LogP contribution in [0.2, 0.25) is 0 Å². The molecule has 0 aromatic carbocycles. The Morgan fingerprint density at radius 1 is 1.14 bits per heavy atom. The van der Waals surface area contributed by atoms with Crippen molar-refractivity contribution in [2.75, 3.05) is 6.61 Å². The molecule has 0 saturated carbocycles. The summed E-state index contributed by atoms with van der Waals surface area (Å²) in [5, 5.41) is 29.6. The number of imidazole rings is 1. The molecule has 0 amide bonds. The number of aliphatic hydroxyl groups is 3. The second kappa shape index (κ2) is 8.73. The smallest absolute Gasteiger partial charge is 0.337 e. The third-order valence-electron chi connectivity index (χ3n) is 4.31. The van der Waals surface area contributed by atoms with E-state index in [1.165, 1.54) is 17.2 Å². The van der Waals surface area contributed by atoms with Gasteiger partial charge in [0.15, 0.2) is 11.9 Å². The van der Waals surface area contributed by atoms with Crippen LogP contribution in [0.15, 0.2) is 12.7 Å². The first-order valence-electron chi connectivity index (χ1n) is 9.40. The lowest BCUT2D eigenvalue weighted by Gasteiger charge is -2.22. The fourth-order valence-corrected chi connectivity index (χ4v) is 5.32. The van der Waals surface area contributed by atoms with Crippen molar-refractivity contribution in [1.29, 1.82) is 0 Å². The van der Waals surface area contributed by atoms with Crippen molar-refractivity contribution in [3.8, 4) is 0 Å². The zero-order valence-electron chi connectivity index (χ0n) is 16.7. The minimum absolute atomic E-state index is 0.102. The van der Waals surface area contributed by atoms with Crippen LogP contribution < -0.4 is 0 Å². The van der Waals surface area contributed by atoms with E-state index in [0.717, 1.165) is 0 Å². The third kappa shape index (κ3) is 4.66. The van der Waals surface area contributed by atoms with Gasteiger partial charge in [-0.15, -0.1) is 0 Å². The van der Waals surface area contributed by atoms with Crippen molar-refractivity contribution in [2.45, 2.75) is 70.6 Å². The van der Waals surface area contributed by atoms with E-state index in [1.54, 1.807) is 27.7 Å². The Kier molecular flexibility index (Phi) is 6.69. The Morgan fingerprint density at radius 2 is 1.79 bits per heavy atom. The molecule has 162 valence electrons. The lowest BCUT2D eigenvalue weighted by Crippen LogP contribution is -2.33. The summed E-state index contributed by atoms with van der Waals surface area (Å²) in [7, 11) is -3.50. The van der Waals surface area contributed by atoms with Gasteiger partial charge < -0.3 is 29.1 Å². The van der Waals surface area contributed by atoms with E-state index in [0.29, 0.717) is 16.9 Å². The molecular weight excluding hydrogens is 403 g/mol. The van der Waals surface area contributed by atoms with Gasteiger partial charge in [0.25, 0.3) is 0 Å². The number of rotatable bonds is 8. The number of nitrogens with zero attached hydrogens (tertiary/aromatic N) is 4. The molecule has 12 heteroatoms. The highest BCUT2D eigenvalue weighted by atomic mass is 31.2. The van der Waals surface area contributed by atoms with Crippen molar-refractivity contribution in [3.63, 3.8) is 0 Å². The Balaban J connectivity index is 1.95. The van der Waals surface area contributed by atoms with Gasteiger partial charge in [-0.25, -0.2) is 15.0 Å². The van der Waals surface area contributed by atoms with E-state index in [9.17, 15) is 19.9 Å². The van der Waals surface area contributed by atoms with Crippen molar-refractivity contribution < 1.29 is 33.7 Å². The van der Waals surface area contributed by atoms with Gasteiger partial charge in [0, 0.05) is 0 Å². The first-order chi connectivity index (χ1) is 13.6. The molecule has 11 nitrogen and oxygen atoms in total. The molecule has 0 bridgehead atoms. The minimum atomic E-state index is -3.50. The van der Waals surface area contributed by atoms with Crippen LogP contribution in [0, 0.1) is 0 Å². The molecule has 1 aliphatic rings. The Morgan fingerprint density at radius 3 is 2.34 bits per heavy atom. The van der Waals surface area contributed by atoms with Crippen LogP contribution in [0.25, 0.3) is 11.2 Å². The summed E-state index contributed by atoms with van der Waals surface area (Å²) in [6, 6.07) is 0. The highest BCUT2D eigenvalue weighted by Crippen LogP contribution is 2.53. The van der Waals surface area contributed by atoms with Crippen LogP contribution in [0.4, 0.5) is 0 Å². The molecule has 1 saturated heterocycles. The van der Waals surface area contributed by atoms with Gasteiger partial charge in [-0.3, -0.25) is 9.13 Å². The second-order valence-corrected chi connectivity index (χ2v) is 9.41. The maximum absolute atomic E-state index is 13.2. The number of ether oxygens (including phenoxy) is 1. The zero-order valence-corrected chi connectivity index (χ0v) is 17.6. The predicted molar refractivity (Wildman–Crippen MR) is 102 cm³/mol. The standard InChI is InChI=1S/C17H27N4O7P/c1-9(2)27-29(25,28-10(3)4)6-11-13-16(19-7-18-11)21(8-20-13)17-15(24)14(23)12(5-22)26-17/h7-10,12,14-15,17,22-24H,5-6H2,1-4H3/t12-,14-,15-,17-/m1/s1. The number of aliphatic hydroxyl groups excluding tert-OH is 3. The van der Waals surface area contributed by atoms with Crippen LogP contribution in [-0.2, 0) is 24.5 Å². The fraction of sp³-hybridized carbons (Fsp3) is 0.706. The molecule has 2 aromatic heterocycles. The van der Waals surface area contributed by atoms with Crippen molar-refractivity contribution >= 4 is 18.8 Å². The zero-order chi connectivity index (χ0) is 21.3. The molecule has 3 N–H and O–H groups in total. The quantitative estimate of drug-likeness (QED) is 0.517. The molecule has 0 spiro atoms. The van der Waals surface area contributed by atoms with E-state index in [2.05, 4.69) is 15.0 Å². The van der Waals surface area contributed by atoms with E-state index in [4.69, 9.17) is 13.8 Å². The molecule has 3 rings (SSSR count). The van der Waals surface area contributed by atoms with Crippen LogP contribution in [0.3, 0.4) is 0 Å². The molecule has 0 aliphatic carbocycles. The molecule has 1 fully saturated rings. The maximum atomic E-state index is 13.2. The lowest BCUT2D eigenvalue weighted by atomic mass is 10.1. The van der Waals surface area contributed by atoms with E-state index >= 15 is 0 Å². The molecule has 1 aliphatic heterocycles. The van der Waals surface area contributed by atoms with E-state index < -0.39 is 38.7 Å². The van der Waals surface area contributed by atoms with Crippen LogP contribution in [0.1, 0.15) is 39.6 Å². The number of hydrogen-bond acceptors (Lipinski definition) is 10. The summed E-state index contributed by atoms with van der Waals surface area (Å²) in [6.07, 6.45) is -2.48. The Labute approximate surface area is 168 Å². The third-order valence-corrected chi connectivity index (χ3v) is 6.48. The monoisotopic (exact) mass is 430 g/mol. The van der Waals surface area contributed by atoms with Crippen molar-refractivity contribution in [1.82, 2.24) is 19.5 Å². The summed E-state index contributed by atoms with van der Waals surface area (Å²) in [6.45, 7) is 6.62. The summed E-state index contributed by atoms with van der Waals surface area (Å²) in [4.78, 5) is 12.7. The molecule has 2 aromatic rings. The van der Waals surface area contributed by atoms with Gasteiger partial charge in [0.2, 0.25) is 0 Å². The minimum Gasteiger partial charge on any atom is -0.394 e. The second-order valence-electron chi connectivity index (χ2n) is 7.45. The Bertz CT molecular complexity index is 876. The summed E-state index contributed by atoms with van der Waals surface area (Å²) < 4.78 is 31.4. The van der Waals surface area contributed by atoms with Gasteiger partial charge >= 0.3 is 7.60 Å². The van der Waals surface area contributed by atoms with Crippen molar-refractivity contribution in [2.24, 2.45) is 0 Å². The van der Waals surface area contributed by atoms with Crippen LogP contribution in [0.5, 0.6) is 0 Å². The van der Waals surface area contributed by atoms with E-state index in [-0.39, 0.29) is 18.4 Å². The molecule has 0 radical (unpaired) electrons. The molecule has 4 atom stereocenters. The van der Waals surface area contributed by atoms with Gasteiger partial charge in [-0.05, 0) is 27.7 Å². The Hall–Kier alpha value is -1.46. The first-order valence-corrected chi connectivity index (χ1v) is 11.1. The number of hydrogen-bond donors (Lipinski definition) is 3. The SMILES string of the molecule is CC(C)OP(=O)(Cc1ncnc2c1ncn2[C@@H]1O[C@H](CO)[C@@H](O)[C@H]1O)OC(C)C. The topological polar surface area (TPSA) is 149 Å². The maximum Gasteiger partial charge on any atom is 0.337 e. The highest BCUT2D eigenvalue weighted by Gasteiger charge is 2.44. The van der Waals surface area contributed by atoms with Gasteiger partial charge in [-0.1, -0.05) is 0 Å². The molecule has 0 unspecified atom stereocenters. The molecule has 29 heavy (non-hydrogen) atoms. The largest absolute Gasteiger partial charge is 0.394 e. The predicted octanol–water partition coefficient (Wildman–Crippen LogP) is 0.981. The summed E-state index contributed by atoms with van der Waals surface area (Å²) in [5.74, 6) is 0. The van der Waals surface area contributed by atoms with Crippen LogP contribution in [-0.4, -0.2) is 72.0 Å². The number of fused-ring (bicyclic) bond motifs is 1. The van der Waals surface area contributed by atoms with Gasteiger partial charge in [0.05, 0.1) is 37.0 Å². The first kappa shape index (κ1) is 22.2. The van der Waals surface area contributed by atoms with Crippen LogP contribution >= 0.6 is 7.60 Å². The highest BCUT2D eigenvalue weighted by molar-refractivity contribution is 7.53.